The summed E-state index contributed by atoms with van der Waals surface area (Å²) in [5, 5.41) is 9.83. The monoisotopic (exact) mass is 513 g/mol. The van der Waals surface area contributed by atoms with Gasteiger partial charge in [0.2, 0.25) is 0 Å². The first-order chi connectivity index (χ1) is 16.1. The molecule has 6 heteroatoms. The summed E-state index contributed by atoms with van der Waals surface area (Å²) in [7, 11) is -0.170. The molecule has 1 fully saturated rings. The van der Waals surface area contributed by atoms with Crippen LogP contribution in [0.25, 0.3) is 0 Å². The number of rotatable bonds is 7. The summed E-state index contributed by atoms with van der Waals surface area (Å²) in [6.45, 7) is 8.25. The van der Waals surface area contributed by atoms with Gasteiger partial charge < -0.3 is 4.74 Å². The van der Waals surface area contributed by atoms with Crippen LogP contribution in [0.3, 0.4) is 0 Å². The van der Waals surface area contributed by atoms with Crippen LogP contribution in [-0.2, 0) is 10.2 Å². The Morgan fingerprint density at radius 2 is 1.76 bits per heavy atom. The molecular weight excluding hydrogens is 479 g/mol. The van der Waals surface area contributed by atoms with Gasteiger partial charge in [0.25, 0.3) is 0 Å². The number of hydrogen-bond acceptors (Lipinski definition) is 5. The standard InChI is InChI=1S/C28H35NO2S3/c1-27(2,3)23-14-13-22(34-17-9-6-10-18-34)19-24(23)31-25(30)15-16-28(4,20-29)33-26(32)21-11-7-5-8-12-21/h5,7-8,11-14,19,34H,6,9-10,15-18H2,1-4H3. The number of ether oxygens (including phenoxy) is 1. The number of carbonyl (C=O) groups is 1. The van der Waals surface area contributed by atoms with Gasteiger partial charge in [-0.05, 0) is 65.7 Å². The Labute approximate surface area is 217 Å². The Hall–Kier alpha value is -1.81. The van der Waals surface area contributed by atoms with Crippen molar-refractivity contribution in [1.82, 2.24) is 0 Å². The van der Waals surface area contributed by atoms with Crippen molar-refractivity contribution in [2.45, 2.75) is 74.9 Å². The van der Waals surface area contributed by atoms with Crippen LogP contribution in [0.5, 0.6) is 5.75 Å². The smallest absolute Gasteiger partial charge is 0.311 e. The average molecular weight is 514 g/mol. The Bertz CT molecular complexity index is 1050. The number of carbonyl (C=O) groups excluding carboxylic acids is 1. The summed E-state index contributed by atoms with van der Waals surface area (Å²) in [6, 6.07) is 18.5. The van der Waals surface area contributed by atoms with Crippen LogP contribution in [0.15, 0.2) is 53.4 Å². The first-order valence-corrected chi connectivity index (χ1v) is 14.8. The lowest BCUT2D eigenvalue weighted by molar-refractivity contribution is -0.134. The zero-order valence-corrected chi connectivity index (χ0v) is 23.1. The van der Waals surface area contributed by atoms with E-state index in [1.807, 2.05) is 37.3 Å². The van der Waals surface area contributed by atoms with Crippen molar-refractivity contribution < 1.29 is 9.53 Å². The Balaban J connectivity index is 1.70. The lowest BCUT2D eigenvalue weighted by Crippen LogP contribution is -2.23. The second-order valence-corrected chi connectivity index (χ2v) is 14.7. The summed E-state index contributed by atoms with van der Waals surface area (Å²) in [4.78, 5) is 14.3. The molecular formula is C28H35NO2S3. The summed E-state index contributed by atoms with van der Waals surface area (Å²) in [5.41, 5.74) is 1.83. The van der Waals surface area contributed by atoms with E-state index in [0.717, 1.165) is 11.1 Å². The molecule has 1 aliphatic heterocycles. The van der Waals surface area contributed by atoms with Gasteiger partial charge in [0.15, 0.2) is 0 Å². The van der Waals surface area contributed by atoms with Crippen molar-refractivity contribution in [3.05, 3.63) is 59.7 Å². The third-order valence-electron chi connectivity index (χ3n) is 6.09. The topological polar surface area (TPSA) is 50.1 Å². The third kappa shape index (κ3) is 7.34. The summed E-state index contributed by atoms with van der Waals surface area (Å²) >= 11 is 6.89. The Morgan fingerprint density at radius 3 is 2.38 bits per heavy atom. The van der Waals surface area contributed by atoms with Gasteiger partial charge in [-0.25, -0.2) is 10.9 Å². The van der Waals surface area contributed by atoms with Gasteiger partial charge in [0.05, 0.1) is 10.3 Å². The van der Waals surface area contributed by atoms with Crippen molar-refractivity contribution in [3.8, 4) is 11.8 Å². The molecule has 1 heterocycles. The maximum atomic E-state index is 12.9. The van der Waals surface area contributed by atoms with Crippen LogP contribution in [0.1, 0.15) is 70.9 Å². The van der Waals surface area contributed by atoms with Crippen molar-refractivity contribution in [1.29, 1.82) is 5.26 Å². The summed E-state index contributed by atoms with van der Waals surface area (Å²) in [5.74, 6) is 2.90. The fourth-order valence-corrected chi connectivity index (χ4v) is 8.18. The average Bonchev–Trinajstić information content (AvgIpc) is 2.83. The number of thiol groups is 1. The lowest BCUT2D eigenvalue weighted by Gasteiger charge is -2.29. The van der Waals surface area contributed by atoms with Gasteiger partial charge in [0, 0.05) is 12.0 Å². The van der Waals surface area contributed by atoms with Gasteiger partial charge in [0.1, 0.15) is 10.5 Å². The van der Waals surface area contributed by atoms with E-state index >= 15 is 0 Å². The van der Waals surface area contributed by atoms with Crippen molar-refractivity contribution >= 4 is 45.0 Å². The van der Waals surface area contributed by atoms with Crippen molar-refractivity contribution in [3.63, 3.8) is 0 Å². The molecule has 0 aliphatic carbocycles. The molecule has 1 saturated heterocycles. The van der Waals surface area contributed by atoms with Gasteiger partial charge in [-0.1, -0.05) is 87.6 Å². The molecule has 1 atom stereocenters. The quantitative estimate of drug-likeness (QED) is 0.179. The molecule has 0 aromatic heterocycles. The second kappa shape index (κ2) is 11.7. The molecule has 0 amide bonds. The number of benzene rings is 2. The predicted molar refractivity (Wildman–Crippen MR) is 151 cm³/mol. The highest BCUT2D eigenvalue weighted by Gasteiger charge is 2.29. The van der Waals surface area contributed by atoms with Gasteiger partial charge >= 0.3 is 5.97 Å². The molecule has 1 unspecified atom stereocenters. The number of esters is 1. The fourth-order valence-electron chi connectivity index (χ4n) is 4.05. The maximum absolute atomic E-state index is 12.9. The molecule has 1 aliphatic rings. The highest BCUT2D eigenvalue weighted by Crippen LogP contribution is 2.44. The molecule has 0 spiro atoms. The SMILES string of the molecule is CC(C#N)(CCC(=O)Oc1cc([SH]2CCCCC2)ccc1C(C)(C)C)SC(=S)c1ccccc1. The molecule has 3 rings (SSSR count). The summed E-state index contributed by atoms with van der Waals surface area (Å²) in [6.07, 6.45) is 4.44. The predicted octanol–water partition coefficient (Wildman–Crippen LogP) is 7.60. The summed E-state index contributed by atoms with van der Waals surface area (Å²) < 4.78 is 5.82. The molecule has 182 valence electrons. The molecule has 0 N–H and O–H groups in total. The number of nitrogens with zero attached hydrogens (tertiary/aromatic N) is 1. The first kappa shape index (κ1) is 26.8. The minimum atomic E-state index is -0.800. The van der Waals surface area contributed by atoms with Crippen molar-refractivity contribution in [2.75, 3.05) is 11.5 Å². The lowest BCUT2D eigenvalue weighted by atomic mass is 9.86. The van der Waals surface area contributed by atoms with Crippen LogP contribution >= 0.6 is 34.9 Å². The van der Waals surface area contributed by atoms with Crippen LogP contribution in [0.4, 0.5) is 0 Å². The third-order valence-corrected chi connectivity index (χ3v) is 10.5. The minimum Gasteiger partial charge on any atom is -0.426 e. The normalized spacial score (nSPS) is 16.9. The van der Waals surface area contributed by atoms with E-state index in [1.165, 1.54) is 47.4 Å². The molecule has 0 saturated carbocycles. The molecule has 3 nitrogen and oxygen atoms in total. The van der Waals surface area contributed by atoms with Crippen LogP contribution in [0, 0.1) is 11.3 Å². The highest BCUT2D eigenvalue weighted by atomic mass is 32.2. The minimum absolute atomic E-state index is 0.132. The van der Waals surface area contributed by atoms with Gasteiger partial charge in [-0.3, -0.25) is 4.79 Å². The van der Waals surface area contributed by atoms with Gasteiger partial charge in [-0.2, -0.15) is 5.26 Å². The van der Waals surface area contributed by atoms with E-state index in [1.54, 1.807) is 0 Å². The molecule has 2 aromatic carbocycles. The van der Waals surface area contributed by atoms with E-state index in [-0.39, 0.29) is 28.7 Å². The number of thioether (sulfide) groups is 1. The zero-order chi connectivity index (χ0) is 24.8. The Morgan fingerprint density at radius 1 is 1.09 bits per heavy atom. The molecule has 34 heavy (non-hydrogen) atoms. The maximum Gasteiger partial charge on any atom is 0.311 e. The second-order valence-electron chi connectivity index (χ2n) is 10.1. The largest absolute Gasteiger partial charge is 0.426 e. The van der Waals surface area contributed by atoms with E-state index in [0.29, 0.717) is 16.4 Å². The zero-order valence-electron chi connectivity index (χ0n) is 20.6. The number of nitriles is 1. The van der Waals surface area contributed by atoms with Crippen LogP contribution < -0.4 is 4.74 Å². The first-order valence-electron chi connectivity index (χ1n) is 11.9. The Kier molecular flexibility index (Phi) is 9.26. The van der Waals surface area contributed by atoms with E-state index in [9.17, 15) is 10.1 Å². The number of thiocarbonyl (C=S) groups is 1. The molecule has 0 radical (unpaired) electrons. The van der Waals surface area contributed by atoms with E-state index < -0.39 is 4.75 Å². The fraction of sp³-hybridized carbons (Fsp3) is 0.464. The van der Waals surface area contributed by atoms with Crippen LogP contribution in [0.2, 0.25) is 0 Å². The van der Waals surface area contributed by atoms with Crippen molar-refractivity contribution in [2.24, 2.45) is 0 Å². The van der Waals surface area contributed by atoms with E-state index in [2.05, 4.69) is 45.0 Å². The van der Waals surface area contributed by atoms with Crippen LogP contribution in [-0.4, -0.2) is 26.4 Å². The molecule has 2 aromatic rings. The van der Waals surface area contributed by atoms with E-state index in [4.69, 9.17) is 17.0 Å². The highest BCUT2D eigenvalue weighted by molar-refractivity contribution is 8.24. The number of hydrogen-bond donors (Lipinski definition) is 1. The molecule has 0 bridgehead atoms. The van der Waals surface area contributed by atoms with Gasteiger partial charge in [-0.15, -0.1) is 0 Å².